The third-order valence-corrected chi connectivity index (χ3v) is 3.50. The summed E-state index contributed by atoms with van der Waals surface area (Å²) in [5, 5.41) is 9.11. The zero-order valence-corrected chi connectivity index (χ0v) is 13.0. The number of likely N-dealkylation sites (tertiary alicyclic amines) is 1. The Morgan fingerprint density at radius 2 is 2.14 bits per heavy atom. The van der Waals surface area contributed by atoms with Crippen LogP contribution < -0.4 is 5.48 Å². The first-order chi connectivity index (χ1) is 10.1. The Balaban J connectivity index is 2.54. The largest absolute Gasteiger partial charge is 0.492 e. The number of nitrogens with zero attached hydrogens (tertiary/aromatic N) is 2. The molecule has 1 heterocycles. The molecular formula is C15H27N3O3. The van der Waals surface area contributed by atoms with Crippen LogP contribution in [-0.4, -0.2) is 53.4 Å². The van der Waals surface area contributed by atoms with Gasteiger partial charge in [0.25, 0.3) is 0 Å². The van der Waals surface area contributed by atoms with Gasteiger partial charge >= 0.3 is 6.03 Å². The molecule has 6 nitrogen and oxygen atoms in total. The van der Waals surface area contributed by atoms with Gasteiger partial charge in [-0.1, -0.05) is 12.7 Å². The quantitative estimate of drug-likeness (QED) is 0.328. The van der Waals surface area contributed by atoms with Crippen molar-refractivity contribution in [3.63, 3.8) is 0 Å². The van der Waals surface area contributed by atoms with Gasteiger partial charge in [-0.15, -0.1) is 0 Å². The SMILES string of the molecule is C=C(/C=C\C)OCCN(C(=O)N1CCCCC1)C(C)NO. The molecule has 0 aromatic heterocycles. The zero-order valence-electron chi connectivity index (χ0n) is 13.0. The Kier molecular flexibility index (Phi) is 7.85. The standard InChI is InChI=1S/C15H27N3O3/c1-4-8-13(2)21-12-11-18(14(3)16-20)15(19)17-9-6-5-7-10-17/h4,8,14,16,20H,2,5-7,9-12H2,1,3H3/b8-4-. The van der Waals surface area contributed by atoms with Crippen LogP contribution in [-0.2, 0) is 4.74 Å². The second kappa shape index (κ2) is 9.41. The first-order valence-electron chi connectivity index (χ1n) is 7.49. The van der Waals surface area contributed by atoms with Gasteiger partial charge in [-0.05, 0) is 39.2 Å². The number of piperidine rings is 1. The lowest BCUT2D eigenvalue weighted by molar-refractivity contribution is 0.0360. The molecule has 0 radical (unpaired) electrons. The van der Waals surface area contributed by atoms with E-state index < -0.39 is 6.17 Å². The normalized spacial score (nSPS) is 16.8. The van der Waals surface area contributed by atoms with Crippen LogP contribution in [0.2, 0.25) is 0 Å². The van der Waals surface area contributed by atoms with E-state index in [4.69, 9.17) is 9.94 Å². The molecule has 0 aliphatic carbocycles. The van der Waals surface area contributed by atoms with Crippen LogP contribution in [0.15, 0.2) is 24.5 Å². The first-order valence-corrected chi connectivity index (χ1v) is 7.49. The molecule has 1 atom stereocenters. The fourth-order valence-corrected chi connectivity index (χ4v) is 2.30. The van der Waals surface area contributed by atoms with E-state index in [1.807, 2.05) is 17.9 Å². The molecule has 6 heteroatoms. The lowest BCUT2D eigenvalue weighted by Gasteiger charge is -2.35. The Morgan fingerprint density at radius 1 is 1.48 bits per heavy atom. The smallest absolute Gasteiger partial charge is 0.321 e. The van der Waals surface area contributed by atoms with E-state index in [9.17, 15) is 4.79 Å². The fourth-order valence-electron chi connectivity index (χ4n) is 2.30. The number of hydroxylamine groups is 1. The number of rotatable bonds is 7. The van der Waals surface area contributed by atoms with Crippen molar-refractivity contribution in [2.75, 3.05) is 26.2 Å². The third-order valence-electron chi connectivity index (χ3n) is 3.50. The summed E-state index contributed by atoms with van der Waals surface area (Å²) in [6, 6.07) is -0.0657. The maximum absolute atomic E-state index is 12.5. The molecule has 2 N–H and O–H groups in total. The molecule has 1 unspecified atom stereocenters. The molecule has 1 aliphatic rings. The van der Waals surface area contributed by atoms with Crippen LogP contribution in [0.4, 0.5) is 4.79 Å². The summed E-state index contributed by atoms with van der Waals surface area (Å²) in [4.78, 5) is 15.9. The van der Waals surface area contributed by atoms with Gasteiger partial charge in [0.1, 0.15) is 18.5 Å². The predicted molar refractivity (Wildman–Crippen MR) is 81.8 cm³/mol. The number of allylic oxidation sites excluding steroid dienone is 2. The molecule has 1 saturated heterocycles. The van der Waals surface area contributed by atoms with Crippen molar-refractivity contribution in [2.45, 2.75) is 39.3 Å². The Labute approximate surface area is 127 Å². The van der Waals surface area contributed by atoms with Crippen molar-refractivity contribution < 1.29 is 14.7 Å². The third kappa shape index (κ3) is 5.77. The maximum atomic E-state index is 12.5. The zero-order chi connectivity index (χ0) is 15.7. The second-order valence-electron chi connectivity index (χ2n) is 5.14. The van der Waals surface area contributed by atoms with Gasteiger partial charge in [0.15, 0.2) is 0 Å². The molecule has 21 heavy (non-hydrogen) atoms. The van der Waals surface area contributed by atoms with Gasteiger partial charge in [-0.25, -0.2) is 4.79 Å². The van der Waals surface area contributed by atoms with Crippen LogP contribution in [0.25, 0.3) is 0 Å². The number of amides is 2. The Morgan fingerprint density at radius 3 is 2.71 bits per heavy atom. The summed E-state index contributed by atoms with van der Waals surface area (Å²) in [6.07, 6.45) is 6.40. The summed E-state index contributed by atoms with van der Waals surface area (Å²) in [6.45, 7) is 9.67. The highest BCUT2D eigenvalue weighted by molar-refractivity contribution is 5.74. The van der Waals surface area contributed by atoms with Crippen LogP contribution >= 0.6 is 0 Å². The highest BCUT2D eigenvalue weighted by Crippen LogP contribution is 2.12. The van der Waals surface area contributed by atoms with Gasteiger partial charge in [-0.2, -0.15) is 5.48 Å². The molecule has 1 fully saturated rings. The molecule has 0 spiro atoms. The summed E-state index contributed by atoms with van der Waals surface area (Å²) in [5.41, 5.74) is 2.13. The van der Waals surface area contributed by atoms with Crippen molar-refractivity contribution >= 4 is 6.03 Å². The van der Waals surface area contributed by atoms with E-state index in [2.05, 4.69) is 12.1 Å². The van der Waals surface area contributed by atoms with Gasteiger partial charge < -0.3 is 19.7 Å². The second-order valence-corrected chi connectivity index (χ2v) is 5.14. The fraction of sp³-hybridized carbons (Fsp3) is 0.667. The van der Waals surface area contributed by atoms with Crippen molar-refractivity contribution in [2.24, 2.45) is 0 Å². The Hall–Kier alpha value is -1.53. The summed E-state index contributed by atoms with van der Waals surface area (Å²) < 4.78 is 5.44. The molecule has 2 amide bonds. The number of ether oxygens (including phenoxy) is 1. The minimum Gasteiger partial charge on any atom is -0.492 e. The number of carbonyl (C=O) groups excluding carboxylic acids is 1. The highest BCUT2D eigenvalue weighted by Gasteiger charge is 2.25. The minimum atomic E-state index is -0.460. The van der Waals surface area contributed by atoms with Crippen molar-refractivity contribution in [1.82, 2.24) is 15.3 Å². The summed E-state index contributed by atoms with van der Waals surface area (Å²) >= 11 is 0. The van der Waals surface area contributed by atoms with Crippen LogP contribution in [0, 0.1) is 0 Å². The summed E-state index contributed by atoms with van der Waals surface area (Å²) in [5.74, 6) is 0.562. The predicted octanol–water partition coefficient (Wildman–Crippen LogP) is 2.33. The van der Waals surface area contributed by atoms with E-state index in [-0.39, 0.29) is 6.03 Å². The average molecular weight is 297 g/mol. The van der Waals surface area contributed by atoms with Crippen molar-refractivity contribution in [3.05, 3.63) is 24.5 Å². The summed E-state index contributed by atoms with van der Waals surface area (Å²) in [7, 11) is 0. The number of hydrogen-bond donors (Lipinski definition) is 2. The van der Waals surface area contributed by atoms with E-state index in [0.717, 1.165) is 25.9 Å². The van der Waals surface area contributed by atoms with Gasteiger partial charge in [0.05, 0.1) is 6.54 Å². The van der Waals surface area contributed by atoms with Gasteiger partial charge in [0.2, 0.25) is 0 Å². The monoisotopic (exact) mass is 297 g/mol. The number of urea groups is 1. The van der Waals surface area contributed by atoms with E-state index in [1.54, 1.807) is 17.9 Å². The lowest BCUT2D eigenvalue weighted by Crippen LogP contribution is -2.53. The molecule has 0 aromatic carbocycles. The van der Waals surface area contributed by atoms with Crippen molar-refractivity contribution in [3.8, 4) is 0 Å². The first kappa shape index (κ1) is 17.5. The average Bonchev–Trinajstić information content (AvgIpc) is 2.51. The van der Waals surface area contributed by atoms with Gasteiger partial charge in [0, 0.05) is 13.1 Å². The number of hydrogen-bond acceptors (Lipinski definition) is 4. The maximum Gasteiger partial charge on any atom is 0.321 e. The highest BCUT2D eigenvalue weighted by atomic mass is 16.5. The molecule has 1 rings (SSSR count). The van der Waals surface area contributed by atoms with Crippen LogP contribution in [0.1, 0.15) is 33.1 Å². The topological polar surface area (TPSA) is 65.0 Å². The number of nitrogens with one attached hydrogen (secondary N) is 1. The van der Waals surface area contributed by atoms with Crippen LogP contribution in [0.3, 0.4) is 0 Å². The van der Waals surface area contributed by atoms with E-state index in [1.165, 1.54) is 6.42 Å². The number of carbonyl (C=O) groups is 1. The lowest BCUT2D eigenvalue weighted by atomic mass is 10.1. The molecule has 0 bridgehead atoms. The molecule has 0 saturated carbocycles. The van der Waals surface area contributed by atoms with Crippen LogP contribution in [0.5, 0.6) is 0 Å². The molecule has 120 valence electrons. The Bertz CT molecular complexity index is 365. The minimum absolute atomic E-state index is 0.0657. The molecular weight excluding hydrogens is 270 g/mol. The van der Waals surface area contributed by atoms with E-state index in [0.29, 0.717) is 18.9 Å². The molecule has 0 aromatic rings. The van der Waals surface area contributed by atoms with Gasteiger partial charge in [-0.3, -0.25) is 0 Å². The molecule has 1 aliphatic heterocycles. The van der Waals surface area contributed by atoms with E-state index >= 15 is 0 Å². The van der Waals surface area contributed by atoms with Crippen molar-refractivity contribution in [1.29, 1.82) is 0 Å².